The van der Waals surface area contributed by atoms with Crippen molar-refractivity contribution >= 4 is 41.4 Å². The predicted molar refractivity (Wildman–Crippen MR) is 187 cm³/mol. The van der Waals surface area contributed by atoms with Crippen molar-refractivity contribution < 1.29 is 33.5 Å². The van der Waals surface area contributed by atoms with Gasteiger partial charge in [0, 0.05) is 36.7 Å². The molecule has 14 nitrogen and oxygen atoms in total. The van der Waals surface area contributed by atoms with Crippen LogP contribution in [0.5, 0.6) is 0 Å². The molecule has 0 aliphatic carbocycles. The number of alkyl carbamates (subject to hydrolysis) is 1. The van der Waals surface area contributed by atoms with Crippen LogP contribution in [0.3, 0.4) is 0 Å². The first-order valence-corrected chi connectivity index (χ1v) is 17.0. The molecule has 274 valence electrons. The van der Waals surface area contributed by atoms with Gasteiger partial charge in [-0.25, -0.2) is 9.59 Å². The van der Waals surface area contributed by atoms with Crippen LogP contribution in [0.2, 0.25) is 0 Å². The van der Waals surface area contributed by atoms with Crippen molar-refractivity contribution in [2.45, 2.75) is 124 Å². The van der Waals surface area contributed by atoms with E-state index in [0.29, 0.717) is 18.0 Å². The van der Waals surface area contributed by atoms with E-state index in [0.717, 1.165) is 12.0 Å². The molecule has 7 amide bonds. The Labute approximate surface area is 290 Å². The number of primary amides is 1. The maximum absolute atomic E-state index is 13.6. The van der Waals surface area contributed by atoms with Crippen LogP contribution < -0.4 is 32.7 Å². The van der Waals surface area contributed by atoms with Crippen molar-refractivity contribution in [3.63, 3.8) is 0 Å². The molecule has 1 saturated heterocycles. The molecule has 0 aromatic heterocycles. The lowest BCUT2D eigenvalue weighted by atomic mass is 9.87. The van der Waals surface area contributed by atoms with Gasteiger partial charge >= 0.3 is 12.1 Å². The molecule has 1 heterocycles. The average Bonchev–Trinajstić information content (AvgIpc) is 3.27. The molecule has 0 bridgehead atoms. The zero-order valence-corrected chi connectivity index (χ0v) is 30.5. The number of benzene rings is 1. The summed E-state index contributed by atoms with van der Waals surface area (Å²) in [5.41, 5.74) is 10.6. The Balaban J connectivity index is 2.13. The van der Waals surface area contributed by atoms with E-state index in [-0.39, 0.29) is 37.6 Å². The van der Waals surface area contributed by atoms with Gasteiger partial charge in [-0.15, -0.1) is 0 Å². The number of hydrogen-bond acceptors (Lipinski definition) is 8. The van der Waals surface area contributed by atoms with E-state index in [4.69, 9.17) is 16.2 Å². The number of carbonyl (C=O) groups is 6. The second kappa shape index (κ2) is 17.5. The van der Waals surface area contributed by atoms with Gasteiger partial charge in [0.05, 0.1) is 5.92 Å². The number of amides is 7. The first kappa shape index (κ1) is 41.0. The highest BCUT2D eigenvalue weighted by molar-refractivity contribution is 6.04. The Morgan fingerprint density at radius 2 is 1.57 bits per heavy atom. The van der Waals surface area contributed by atoms with Crippen molar-refractivity contribution in [2.75, 3.05) is 11.9 Å². The number of anilines is 1. The van der Waals surface area contributed by atoms with Gasteiger partial charge in [-0.2, -0.15) is 0 Å². The molecule has 1 aromatic rings. The topological polar surface area (TPSA) is 215 Å². The monoisotopic (exact) mass is 687 g/mol. The molecule has 2 unspecified atom stereocenters. The molecule has 1 aromatic carbocycles. The molecular weight excluding hydrogens is 630 g/mol. The molecule has 8 N–H and O–H groups in total. The number of imide groups is 1. The summed E-state index contributed by atoms with van der Waals surface area (Å²) in [6.45, 7) is 16.4. The number of nitrogens with zero attached hydrogens (tertiary/aromatic N) is 1. The molecule has 2 rings (SSSR count). The zero-order chi connectivity index (χ0) is 37.3. The first-order chi connectivity index (χ1) is 22.6. The molecule has 1 aliphatic heterocycles. The largest absolute Gasteiger partial charge is 0.443 e. The van der Waals surface area contributed by atoms with Crippen LogP contribution in [0.25, 0.3) is 0 Å². The van der Waals surface area contributed by atoms with E-state index < -0.39 is 65.0 Å². The van der Waals surface area contributed by atoms with E-state index >= 15 is 0 Å². The van der Waals surface area contributed by atoms with Crippen LogP contribution in [0, 0.1) is 17.8 Å². The zero-order valence-electron chi connectivity index (χ0n) is 30.5. The quantitative estimate of drug-likeness (QED) is 0.105. The highest BCUT2D eigenvalue weighted by Gasteiger charge is 2.49. The minimum Gasteiger partial charge on any atom is -0.443 e. The summed E-state index contributed by atoms with van der Waals surface area (Å²) in [4.78, 5) is 78.3. The Kier molecular flexibility index (Phi) is 14.6. The van der Waals surface area contributed by atoms with Gasteiger partial charge in [-0.3, -0.25) is 24.1 Å². The van der Waals surface area contributed by atoms with E-state index in [2.05, 4.69) is 35.1 Å². The summed E-state index contributed by atoms with van der Waals surface area (Å²) in [5.74, 6) is -2.27. The fraction of sp³-hybridized carbons (Fsp3) is 0.657. The SMILES string of the molecule is CC(C)Cc1ccc(NC(=O)[C@H](CCCNC(N)=O)NC(=O)[C@@H](NC(=O)OC(C)(C)CC(C)(C)N2C(=O)CC(C(C)N)C2=O)C(C)C)cc1. The summed E-state index contributed by atoms with van der Waals surface area (Å²) < 4.78 is 5.74. The second-order valence-corrected chi connectivity index (χ2v) is 15.0. The molecule has 0 saturated carbocycles. The number of urea groups is 1. The first-order valence-electron chi connectivity index (χ1n) is 17.0. The van der Waals surface area contributed by atoms with Gasteiger partial charge in [-0.05, 0) is 83.4 Å². The van der Waals surface area contributed by atoms with Gasteiger partial charge in [0.25, 0.3) is 0 Å². The number of carbonyl (C=O) groups excluding carboxylic acids is 6. The maximum Gasteiger partial charge on any atom is 0.408 e. The number of ether oxygens (including phenoxy) is 1. The smallest absolute Gasteiger partial charge is 0.408 e. The number of nitrogens with one attached hydrogen (secondary N) is 4. The minimum absolute atomic E-state index is 0.0259. The van der Waals surface area contributed by atoms with Gasteiger partial charge in [0.15, 0.2) is 0 Å². The van der Waals surface area contributed by atoms with Crippen molar-refractivity contribution in [1.82, 2.24) is 20.9 Å². The van der Waals surface area contributed by atoms with Crippen molar-refractivity contribution in [2.24, 2.45) is 29.2 Å². The fourth-order valence-corrected chi connectivity index (χ4v) is 6.27. The van der Waals surface area contributed by atoms with Crippen LogP contribution in [0.15, 0.2) is 24.3 Å². The summed E-state index contributed by atoms with van der Waals surface area (Å²) in [5, 5.41) is 10.7. The predicted octanol–water partition coefficient (Wildman–Crippen LogP) is 3.18. The van der Waals surface area contributed by atoms with E-state index in [1.54, 1.807) is 60.6 Å². The molecule has 0 spiro atoms. The maximum atomic E-state index is 13.6. The third-order valence-corrected chi connectivity index (χ3v) is 8.34. The van der Waals surface area contributed by atoms with Crippen LogP contribution in [-0.2, 0) is 30.3 Å². The Morgan fingerprint density at radius 3 is 2.08 bits per heavy atom. The van der Waals surface area contributed by atoms with Crippen molar-refractivity contribution in [1.29, 1.82) is 0 Å². The molecule has 4 atom stereocenters. The average molecular weight is 688 g/mol. The third kappa shape index (κ3) is 12.6. The van der Waals surface area contributed by atoms with Gasteiger partial charge in [0.1, 0.15) is 17.7 Å². The molecule has 14 heteroatoms. The Morgan fingerprint density at radius 1 is 0.959 bits per heavy atom. The van der Waals surface area contributed by atoms with Crippen LogP contribution in [0.4, 0.5) is 15.3 Å². The molecule has 49 heavy (non-hydrogen) atoms. The van der Waals surface area contributed by atoms with Crippen LogP contribution in [0.1, 0.15) is 93.6 Å². The number of rotatable bonds is 17. The summed E-state index contributed by atoms with van der Waals surface area (Å²) >= 11 is 0. The molecule has 1 aliphatic rings. The van der Waals surface area contributed by atoms with E-state index in [9.17, 15) is 28.8 Å². The minimum atomic E-state index is -1.15. The second-order valence-electron chi connectivity index (χ2n) is 15.0. The van der Waals surface area contributed by atoms with Gasteiger partial charge < -0.3 is 37.5 Å². The summed E-state index contributed by atoms with van der Waals surface area (Å²) in [6.07, 6.45) is 0.682. The highest BCUT2D eigenvalue weighted by Crippen LogP contribution is 2.35. The lowest BCUT2D eigenvalue weighted by molar-refractivity contribution is -0.147. The van der Waals surface area contributed by atoms with E-state index in [1.165, 1.54) is 4.90 Å². The highest BCUT2D eigenvalue weighted by atomic mass is 16.6. The van der Waals surface area contributed by atoms with Crippen molar-refractivity contribution in [3.05, 3.63) is 29.8 Å². The van der Waals surface area contributed by atoms with Gasteiger partial charge in [0.2, 0.25) is 23.6 Å². The Hall–Kier alpha value is -4.20. The lowest BCUT2D eigenvalue weighted by Gasteiger charge is -2.40. The third-order valence-electron chi connectivity index (χ3n) is 8.34. The molecule has 0 radical (unpaired) electrons. The van der Waals surface area contributed by atoms with E-state index in [1.807, 2.05) is 12.1 Å². The molecule has 1 fully saturated rings. The van der Waals surface area contributed by atoms with Crippen molar-refractivity contribution in [3.8, 4) is 0 Å². The number of nitrogens with two attached hydrogens (primary N) is 2. The Bertz CT molecular complexity index is 1340. The summed E-state index contributed by atoms with van der Waals surface area (Å²) in [7, 11) is 0. The van der Waals surface area contributed by atoms with Crippen LogP contribution >= 0.6 is 0 Å². The van der Waals surface area contributed by atoms with Gasteiger partial charge in [-0.1, -0.05) is 39.8 Å². The normalized spacial score (nSPS) is 17.1. The number of hydrogen-bond donors (Lipinski definition) is 6. The molecular formula is C35H57N7O7. The fourth-order valence-electron chi connectivity index (χ4n) is 6.27. The van der Waals surface area contributed by atoms with Crippen LogP contribution in [-0.4, -0.2) is 76.5 Å². The summed E-state index contributed by atoms with van der Waals surface area (Å²) in [6, 6.07) is 4.22. The lowest BCUT2D eigenvalue weighted by Crippen LogP contribution is -2.56. The standard InChI is InChI=1S/C35H57N7O7/c1-20(2)17-23-12-14-24(15-13-23)39-29(44)26(11-10-16-38-32(37)47)40-30(45)28(21(3)4)41-33(48)49-35(8,9)19-34(6,7)42-27(43)18-25(22(5)36)31(42)46/h12-15,20-22,25-26,28H,10-11,16-19,36H2,1-9H3,(H,39,44)(H,40,45)(H,41,48)(H3,37,38,47)/t22?,25?,26-,28-/m0/s1. The number of likely N-dealkylation sites (tertiary alicyclic amines) is 1.